The van der Waals surface area contributed by atoms with Gasteiger partial charge in [-0.05, 0) is 31.6 Å². The number of hydrogen-bond donors (Lipinski definition) is 3. The van der Waals surface area contributed by atoms with Crippen molar-refractivity contribution in [3.63, 3.8) is 0 Å². The van der Waals surface area contributed by atoms with E-state index < -0.39 is 97.5 Å². The molecule has 0 saturated carbocycles. The minimum atomic E-state index is -4.94. The number of phosphoric acid groups is 2. The van der Waals surface area contributed by atoms with Crippen LogP contribution in [0, 0.1) is 5.92 Å². The maximum Gasteiger partial charge on any atom is 0.472 e. The smallest absolute Gasteiger partial charge is 0.462 e. The van der Waals surface area contributed by atoms with E-state index in [0.29, 0.717) is 31.6 Å². The van der Waals surface area contributed by atoms with Crippen LogP contribution in [0.5, 0.6) is 0 Å². The predicted molar refractivity (Wildman–Crippen MR) is 335 cm³/mol. The molecule has 0 rings (SSSR count). The third-order valence-corrected chi connectivity index (χ3v) is 16.9. The molecule has 498 valence electrons. The lowest BCUT2D eigenvalue weighted by Crippen LogP contribution is -2.30. The number of ether oxygens (including phenoxy) is 4. The fraction of sp³-hybridized carbons (Fsp3) is 0.938. The van der Waals surface area contributed by atoms with E-state index in [4.69, 9.17) is 37.0 Å². The number of carbonyl (C=O) groups is 4. The second-order valence-corrected chi connectivity index (χ2v) is 26.9. The zero-order valence-corrected chi connectivity index (χ0v) is 55.8. The number of aliphatic hydroxyl groups is 1. The Morgan fingerprint density at radius 1 is 0.321 bits per heavy atom. The van der Waals surface area contributed by atoms with Gasteiger partial charge in [-0.3, -0.25) is 37.3 Å². The molecule has 3 N–H and O–H groups in total. The fourth-order valence-corrected chi connectivity index (χ4v) is 11.3. The van der Waals surface area contributed by atoms with E-state index in [9.17, 15) is 43.2 Å². The highest BCUT2D eigenvalue weighted by Crippen LogP contribution is 2.45. The normalized spacial score (nSPS) is 14.2. The molecule has 0 aromatic carbocycles. The quantitative estimate of drug-likeness (QED) is 0.0222. The number of aliphatic hydroxyl groups excluding tert-OH is 1. The molecule has 0 aromatic heterocycles. The summed E-state index contributed by atoms with van der Waals surface area (Å²) in [6, 6.07) is 0. The molecule has 2 unspecified atom stereocenters. The average molecular weight is 1240 g/mol. The van der Waals surface area contributed by atoms with Crippen molar-refractivity contribution in [2.45, 2.75) is 348 Å². The summed E-state index contributed by atoms with van der Waals surface area (Å²) in [5.74, 6) is -1.45. The van der Waals surface area contributed by atoms with E-state index >= 15 is 0 Å². The van der Waals surface area contributed by atoms with Gasteiger partial charge in [0, 0.05) is 25.7 Å². The van der Waals surface area contributed by atoms with Gasteiger partial charge in [0.25, 0.3) is 0 Å². The zero-order chi connectivity index (χ0) is 62.0. The highest BCUT2D eigenvalue weighted by Gasteiger charge is 2.30. The molecule has 17 nitrogen and oxygen atoms in total. The van der Waals surface area contributed by atoms with E-state index in [1.807, 2.05) is 0 Å². The summed E-state index contributed by atoms with van der Waals surface area (Å²) in [6.07, 6.45) is 43.6. The molecular weight excluding hydrogens is 1110 g/mol. The Bertz CT molecular complexity index is 1640. The van der Waals surface area contributed by atoms with Gasteiger partial charge in [0.15, 0.2) is 12.2 Å². The molecule has 84 heavy (non-hydrogen) atoms. The molecule has 0 aliphatic heterocycles. The standard InChI is InChI=1S/C65H126O17P2/c1-6-9-12-15-17-19-21-22-23-24-25-26-27-29-31-35-40-45-50-64(69)82-61(55-76-63(68)49-44-39-34-30-28-20-18-16-13-10-7-2)57-80-84(73,74)78-53-59(66)52-77-83(71,72)79-56-60(54-75-62(67)48-43-37-14-11-8-3)81-65(70)51-46-41-36-32-33-38-42-47-58(4)5/h58-61,66H,6-57H2,1-5H3,(H,71,72)(H,73,74)/t59-,60+,61+/m0/s1. The Balaban J connectivity index is 5.13. The number of phosphoric ester groups is 2. The Kier molecular flexibility index (Phi) is 57.4. The topological polar surface area (TPSA) is 237 Å². The van der Waals surface area contributed by atoms with Crippen LogP contribution in [0.2, 0.25) is 0 Å². The first-order chi connectivity index (χ1) is 40.5. The Morgan fingerprint density at radius 2 is 0.548 bits per heavy atom. The zero-order valence-electron chi connectivity index (χ0n) is 54.0. The van der Waals surface area contributed by atoms with Crippen molar-refractivity contribution in [1.82, 2.24) is 0 Å². The Labute approximate surface area is 511 Å². The fourth-order valence-electron chi connectivity index (χ4n) is 9.76. The van der Waals surface area contributed by atoms with E-state index in [-0.39, 0.29) is 25.7 Å². The number of esters is 4. The molecule has 0 heterocycles. The first kappa shape index (κ1) is 82.1. The summed E-state index contributed by atoms with van der Waals surface area (Å²) in [4.78, 5) is 72.0. The molecule has 5 atom stereocenters. The summed E-state index contributed by atoms with van der Waals surface area (Å²) in [7, 11) is -9.88. The number of hydrogen-bond acceptors (Lipinski definition) is 15. The van der Waals surface area contributed by atoms with Crippen LogP contribution in [-0.2, 0) is 65.4 Å². The van der Waals surface area contributed by atoms with Gasteiger partial charge in [-0.2, -0.15) is 0 Å². The van der Waals surface area contributed by atoms with Crippen LogP contribution in [0.1, 0.15) is 330 Å². The molecule has 0 radical (unpaired) electrons. The molecule has 0 spiro atoms. The van der Waals surface area contributed by atoms with Gasteiger partial charge in [-0.1, -0.05) is 279 Å². The van der Waals surface area contributed by atoms with Crippen LogP contribution < -0.4 is 0 Å². The molecule has 0 amide bonds. The monoisotopic (exact) mass is 1240 g/mol. The first-order valence-electron chi connectivity index (χ1n) is 34.1. The lowest BCUT2D eigenvalue weighted by molar-refractivity contribution is -0.161. The number of rotatable bonds is 65. The maximum absolute atomic E-state index is 13.0. The van der Waals surface area contributed by atoms with Gasteiger partial charge >= 0.3 is 39.5 Å². The van der Waals surface area contributed by atoms with Gasteiger partial charge in [-0.15, -0.1) is 0 Å². The van der Waals surface area contributed by atoms with Crippen molar-refractivity contribution in [3.05, 3.63) is 0 Å². The second kappa shape index (κ2) is 58.7. The maximum atomic E-state index is 13.0. The van der Waals surface area contributed by atoms with Gasteiger partial charge in [0.2, 0.25) is 0 Å². The molecule has 0 saturated heterocycles. The van der Waals surface area contributed by atoms with E-state index in [2.05, 4.69) is 34.6 Å². The summed E-state index contributed by atoms with van der Waals surface area (Å²) in [5.41, 5.74) is 0. The predicted octanol–water partition coefficient (Wildman–Crippen LogP) is 18.2. The summed E-state index contributed by atoms with van der Waals surface area (Å²) < 4.78 is 67.8. The number of unbranched alkanes of at least 4 members (excludes halogenated alkanes) is 37. The summed E-state index contributed by atoms with van der Waals surface area (Å²) >= 11 is 0. The van der Waals surface area contributed by atoms with Crippen molar-refractivity contribution in [2.24, 2.45) is 5.92 Å². The second-order valence-electron chi connectivity index (χ2n) is 24.0. The largest absolute Gasteiger partial charge is 0.472 e. The lowest BCUT2D eigenvalue weighted by Gasteiger charge is -2.21. The third-order valence-electron chi connectivity index (χ3n) is 15.0. The molecule has 0 bridgehead atoms. The average Bonchev–Trinajstić information content (AvgIpc) is 3.60. The molecule has 19 heteroatoms. The highest BCUT2D eigenvalue weighted by molar-refractivity contribution is 7.47. The van der Waals surface area contributed by atoms with E-state index in [1.165, 1.54) is 148 Å². The number of carbonyl (C=O) groups excluding carboxylic acids is 4. The molecule has 0 aliphatic carbocycles. The minimum absolute atomic E-state index is 0.103. The van der Waals surface area contributed by atoms with Crippen molar-refractivity contribution in [3.8, 4) is 0 Å². The van der Waals surface area contributed by atoms with Crippen molar-refractivity contribution < 1.29 is 80.2 Å². The molecule has 0 aromatic rings. The third kappa shape index (κ3) is 59.0. The summed E-state index contributed by atoms with van der Waals surface area (Å²) in [5, 5.41) is 10.5. The van der Waals surface area contributed by atoms with Crippen molar-refractivity contribution in [2.75, 3.05) is 39.6 Å². The van der Waals surface area contributed by atoms with Crippen molar-refractivity contribution in [1.29, 1.82) is 0 Å². The van der Waals surface area contributed by atoms with E-state index in [1.54, 1.807) is 0 Å². The van der Waals surface area contributed by atoms with Crippen LogP contribution >= 0.6 is 15.6 Å². The molecular formula is C65H126O17P2. The highest BCUT2D eigenvalue weighted by atomic mass is 31.2. The van der Waals surface area contributed by atoms with Gasteiger partial charge in [-0.25, -0.2) is 9.13 Å². The Morgan fingerprint density at radius 3 is 0.810 bits per heavy atom. The Hall–Kier alpha value is -1.94. The van der Waals surface area contributed by atoms with Crippen LogP contribution in [0.3, 0.4) is 0 Å². The van der Waals surface area contributed by atoms with E-state index in [0.717, 1.165) is 96.3 Å². The van der Waals surface area contributed by atoms with Gasteiger partial charge in [0.1, 0.15) is 19.3 Å². The van der Waals surface area contributed by atoms with Crippen LogP contribution in [0.15, 0.2) is 0 Å². The summed E-state index contributed by atoms with van der Waals surface area (Å²) in [6.45, 7) is 7.05. The minimum Gasteiger partial charge on any atom is -0.462 e. The van der Waals surface area contributed by atoms with Crippen molar-refractivity contribution >= 4 is 39.5 Å². The molecule has 0 aliphatic rings. The SMILES string of the molecule is CCCCCCCCCCCCCCCCCCCCC(=O)O[C@H](COC(=O)CCCCCCCCCCCCC)COP(=O)(O)OC[C@@H](O)COP(=O)(O)OC[C@@H](COC(=O)CCCCCCC)OC(=O)CCCCCCCCCC(C)C. The lowest BCUT2D eigenvalue weighted by atomic mass is 10.0. The van der Waals surface area contributed by atoms with Gasteiger partial charge < -0.3 is 33.8 Å². The van der Waals surface area contributed by atoms with Gasteiger partial charge in [0.05, 0.1) is 26.4 Å². The van der Waals surface area contributed by atoms with Crippen LogP contribution in [-0.4, -0.2) is 96.7 Å². The molecule has 0 fully saturated rings. The van der Waals surface area contributed by atoms with Crippen LogP contribution in [0.4, 0.5) is 0 Å². The van der Waals surface area contributed by atoms with Crippen LogP contribution in [0.25, 0.3) is 0 Å². The first-order valence-corrected chi connectivity index (χ1v) is 37.1.